The summed E-state index contributed by atoms with van der Waals surface area (Å²) < 4.78 is 13.2. The molecule has 1 fully saturated rings. The average Bonchev–Trinajstić information content (AvgIpc) is 3.13. The van der Waals surface area contributed by atoms with E-state index in [1.165, 1.54) is 0 Å². The summed E-state index contributed by atoms with van der Waals surface area (Å²) in [7, 11) is 2.02. The predicted molar refractivity (Wildman–Crippen MR) is 95.3 cm³/mol. The van der Waals surface area contributed by atoms with E-state index in [1.807, 2.05) is 31.4 Å². The van der Waals surface area contributed by atoms with Crippen molar-refractivity contribution in [1.82, 2.24) is 19.7 Å². The van der Waals surface area contributed by atoms with Gasteiger partial charge in [-0.1, -0.05) is 0 Å². The second-order valence-corrected chi connectivity index (χ2v) is 6.21. The van der Waals surface area contributed by atoms with Crippen molar-refractivity contribution in [2.24, 2.45) is 7.05 Å². The van der Waals surface area contributed by atoms with Gasteiger partial charge < -0.3 is 19.4 Å². The molecule has 2 N–H and O–H groups in total. The number of aryl methyl sites for hydroxylation is 1. The summed E-state index contributed by atoms with van der Waals surface area (Å²) >= 11 is 0. The van der Waals surface area contributed by atoms with Crippen LogP contribution in [0.2, 0.25) is 0 Å². The maximum atomic E-state index is 5.99. The van der Waals surface area contributed by atoms with Crippen LogP contribution in [-0.2, 0) is 11.8 Å². The number of H-pyrrole nitrogens is 1. The van der Waals surface area contributed by atoms with E-state index in [1.54, 1.807) is 6.20 Å². The number of rotatable bonds is 4. The minimum atomic E-state index is 0.157. The molecule has 3 aromatic heterocycles. The van der Waals surface area contributed by atoms with Crippen molar-refractivity contribution >= 4 is 33.4 Å². The second kappa shape index (κ2) is 5.49. The van der Waals surface area contributed by atoms with Crippen LogP contribution in [0.25, 0.3) is 21.9 Å². The Bertz CT molecular complexity index is 1060. The topological polar surface area (TPSA) is 77.0 Å². The van der Waals surface area contributed by atoms with Gasteiger partial charge in [-0.3, -0.25) is 10.1 Å². The lowest BCUT2D eigenvalue weighted by atomic mass is 10.2. The van der Waals surface area contributed by atoms with Gasteiger partial charge in [-0.2, -0.15) is 5.10 Å². The highest BCUT2D eigenvalue weighted by molar-refractivity contribution is 5.92. The third kappa shape index (κ3) is 2.40. The monoisotopic (exact) mass is 335 g/mol. The molecular formula is C18H17N5O2. The maximum Gasteiger partial charge on any atom is 0.178 e. The Balaban J connectivity index is 1.49. The zero-order valence-electron chi connectivity index (χ0n) is 13.7. The predicted octanol–water partition coefficient (Wildman–Crippen LogP) is 2.97. The molecule has 7 nitrogen and oxygen atoms in total. The number of aromatic amines is 1. The van der Waals surface area contributed by atoms with E-state index < -0.39 is 0 Å². The minimum Gasteiger partial charge on any atom is -0.483 e. The number of fused-ring (bicyclic) bond motifs is 2. The van der Waals surface area contributed by atoms with Gasteiger partial charge >= 0.3 is 0 Å². The van der Waals surface area contributed by atoms with Crippen molar-refractivity contribution in [3.8, 4) is 5.75 Å². The van der Waals surface area contributed by atoms with Crippen molar-refractivity contribution in [3.63, 3.8) is 0 Å². The standard InChI is InChI=1S/C18H17N5O2/c1-23-8-16(25-12-9-24-10-12)13-5-4-11(7-15(13)23)20-18-17-14(21-22-18)3-2-6-19-17/h2-8,12H,9-10H2,1H3,(H2,20,21,22). The molecule has 25 heavy (non-hydrogen) atoms. The molecule has 4 heterocycles. The van der Waals surface area contributed by atoms with Crippen LogP contribution in [0.15, 0.2) is 42.7 Å². The van der Waals surface area contributed by atoms with Crippen LogP contribution in [0.5, 0.6) is 5.75 Å². The first kappa shape index (κ1) is 14.3. The Hall–Kier alpha value is -3.06. The lowest BCUT2D eigenvalue weighted by Crippen LogP contribution is -2.38. The third-order valence-electron chi connectivity index (χ3n) is 4.44. The van der Waals surface area contributed by atoms with Gasteiger partial charge in [0, 0.05) is 30.5 Å². The van der Waals surface area contributed by atoms with Crippen molar-refractivity contribution in [1.29, 1.82) is 0 Å². The summed E-state index contributed by atoms with van der Waals surface area (Å²) in [6.45, 7) is 1.32. The molecule has 1 aromatic carbocycles. The summed E-state index contributed by atoms with van der Waals surface area (Å²) in [6.07, 6.45) is 3.93. The molecule has 0 spiro atoms. The van der Waals surface area contributed by atoms with Gasteiger partial charge in [0.2, 0.25) is 0 Å². The molecule has 1 saturated heterocycles. The Morgan fingerprint density at radius 1 is 1.32 bits per heavy atom. The number of nitrogens with one attached hydrogen (secondary N) is 2. The number of nitrogens with zero attached hydrogens (tertiary/aromatic N) is 3. The fraction of sp³-hybridized carbons (Fsp3) is 0.222. The van der Waals surface area contributed by atoms with Crippen LogP contribution in [0.1, 0.15) is 0 Å². The molecule has 7 heteroatoms. The lowest BCUT2D eigenvalue weighted by molar-refractivity contribution is -0.0791. The molecule has 4 aromatic rings. The highest BCUT2D eigenvalue weighted by Gasteiger charge is 2.22. The first-order valence-corrected chi connectivity index (χ1v) is 8.17. The van der Waals surface area contributed by atoms with Crippen molar-refractivity contribution in [2.75, 3.05) is 18.5 Å². The van der Waals surface area contributed by atoms with Gasteiger partial charge in [0.05, 0.1) is 24.2 Å². The first-order valence-electron chi connectivity index (χ1n) is 8.17. The molecule has 1 aliphatic heterocycles. The summed E-state index contributed by atoms with van der Waals surface area (Å²) in [6, 6.07) is 10.0. The van der Waals surface area contributed by atoms with Crippen LogP contribution < -0.4 is 10.1 Å². The largest absolute Gasteiger partial charge is 0.483 e. The van der Waals surface area contributed by atoms with Crippen molar-refractivity contribution in [3.05, 3.63) is 42.7 Å². The van der Waals surface area contributed by atoms with Crippen LogP contribution >= 0.6 is 0 Å². The Kier molecular flexibility index (Phi) is 3.14. The molecular weight excluding hydrogens is 318 g/mol. The summed E-state index contributed by atoms with van der Waals surface area (Å²) in [4.78, 5) is 4.38. The quantitative estimate of drug-likeness (QED) is 0.599. The molecule has 126 valence electrons. The Morgan fingerprint density at radius 2 is 2.24 bits per heavy atom. The zero-order valence-corrected chi connectivity index (χ0v) is 13.7. The number of ether oxygens (including phenoxy) is 2. The van der Waals surface area contributed by atoms with E-state index in [9.17, 15) is 0 Å². The molecule has 1 aliphatic rings. The van der Waals surface area contributed by atoms with Gasteiger partial charge in [-0.05, 0) is 30.3 Å². The highest BCUT2D eigenvalue weighted by atomic mass is 16.6. The van der Waals surface area contributed by atoms with E-state index in [0.717, 1.165) is 33.4 Å². The van der Waals surface area contributed by atoms with Gasteiger partial charge in [0.25, 0.3) is 0 Å². The number of hydrogen-bond acceptors (Lipinski definition) is 5. The number of pyridine rings is 1. The first-order chi connectivity index (χ1) is 12.3. The third-order valence-corrected chi connectivity index (χ3v) is 4.44. The average molecular weight is 335 g/mol. The summed E-state index contributed by atoms with van der Waals surface area (Å²) in [5.41, 5.74) is 3.77. The molecule has 0 bridgehead atoms. The summed E-state index contributed by atoms with van der Waals surface area (Å²) in [5, 5.41) is 11.7. The molecule has 5 rings (SSSR count). The van der Waals surface area contributed by atoms with Gasteiger partial charge in [0.1, 0.15) is 17.4 Å². The van der Waals surface area contributed by atoms with E-state index in [0.29, 0.717) is 19.0 Å². The van der Waals surface area contributed by atoms with Gasteiger partial charge in [0.15, 0.2) is 5.82 Å². The van der Waals surface area contributed by atoms with Crippen LogP contribution in [0.3, 0.4) is 0 Å². The van der Waals surface area contributed by atoms with Crippen LogP contribution in [-0.4, -0.2) is 39.1 Å². The smallest absolute Gasteiger partial charge is 0.178 e. The van der Waals surface area contributed by atoms with Crippen molar-refractivity contribution < 1.29 is 9.47 Å². The van der Waals surface area contributed by atoms with Crippen LogP contribution in [0, 0.1) is 0 Å². The number of hydrogen-bond donors (Lipinski definition) is 2. The molecule has 0 amide bonds. The van der Waals surface area contributed by atoms with E-state index in [2.05, 4.69) is 37.2 Å². The number of benzene rings is 1. The van der Waals surface area contributed by atoms with Crippen molar-refractivity contribution in [2.45, 2.75) is 6.10 Å². The minimum absolute atomic E-state index is 0.157. The molecule has 0 radical (unpaired) electrons. The second-order valence-electron chi connectivity index (χ2n) is 6.21. The van der Waals surface area contributed by atoms with Crippen LogP contribution in [0.4, 0.5) is 11.5 Å². The molecule has 0 saturated carbocycles. The van der Waals surface area contributed by atoms with E-state index in [-0.39, 0.29) is 6.10 Å². The fourth-order valence-electron chi connectivity index (χ4n) is 3.06. The normalized spacial score (nSPS) is 14.8. The summed E-state index contributed by atoms with van der Waals surface area (Å²) in [5.74, 6) is 1.61. The maximum absolute atomic E-state index is 5.99. The Morgan fingerprint density at radius 3 is 3.08 bits per heavy atom. The fourth-order valence-corrected chi connectivity index (χ4v) is 3.06. The SMILES string of the molecule is Cn1cc(OC2COC2)c2ccc(Nc3n[nH]c4cccnc34)cc21. The Labute approximate surface area is 143 Å². The lowest BCUT2D eigenvalue weighted by Gasteiger charge is -2.26. The highest BCUT2D eigenvalue weighted by Crippen LogP contribution is 2.32. The van der Waals surface area contributed by atoms with Gasteiger partial charge in [-0.15, -0.1) is 0 Å². The number of aromatic nitrogens is 4. The van der Waals surface area contributed by atoms with E-state index >= 15 is 0 Å². The number of anilines is 2. The van der Waals surface area contributed by atoms with Gasteiger partial charge in [-0.25, -0.2) is 0 Å². The zero-order chi connectivity index (χ0) is 16.8. The molecule has 0 atom stereocenters. The van der Waals surface area contributed by atoms with E-state index in [4.69, 9.17) is 9.47 Å². The molecule has 0 aliphatic carbocycles. The molecule has 0 unspecified atom stereocenters.